The van der Waals surface area contributed by atoms with Crippen molar-refractivity contribution in [1.82, 2.24) is 9.61 Å². The van der Waals surface area contributed by atoms with Crippen LogP contribution in [-0.2, 0) is 11.2 Å². The monoisotopic (exact) mass is 408 g/mol. The number of benzene rings is 1. The Kier molecular flexibility index (Phi) is 4.60. The van der Waals surface area contributed by atoms with Gasteiger partial charge in [-0.05, 0) is 37.3 Å². The minimum Gasteiger partial charge on any atom is -0.484 e. The molecule has 1 atom stereocenters. The van der Waals surface area contributed by atoms with Gasteiger partial charge >= 0.3 is 0 Å². The Bertz CT molecular complexity index is 1110. The smallest absolute Gasteiger partial charge is 0.274 e. The molecule has 1 saturated heterocycles. The van der Waals surface area contributed by atoms with E-state index < -0.39 is 5.60 Å². The molecule has 30 heavy (non-hydrogen) atoms. The Labute approximate surface area is 174 Å². The van der Waals surface area contributed by atoms with Crippen LogP contribution >= 0.6 is 0 Å². The average molecular weight is 408 g/mol. The van der Waals surface area contributed by atoms with E-state index in [9.17, 15) is 9.90 Å². The first-order chi connectivity index (χ1) is 14.6. The van der Waals surface area contributed by atoms with Crippen molar-refractivity contribution in [3.63, 3.8) is 0 Å². The molecule has 156 valence electrons. The van der Waals surface area contributed by atoms with Gasteiger partial charge in [-0.3, -0.25) is 4.79 Å². The van der Waals surface area contributed by atoms with Crippen molar-refractivity contribution in [1.29, 1.82) is 0 Å². The lowest BCUT2D eigenvalue weighted by Gasteiger charge is -2.31. The van der Waals surface area contributed by atoms with Crippen LogP contribution < -0.4 is 15.0 Å². The zero-order valence-electron chi connectivity index (χ0n) is 16.8. The summed E-state index contributed by atoms with van der Waals surface area (Å²) in [5.74, 6) is 0.521. The van der Waals surface area contributed by atoms with Crippen LogP contribution in [0.15, 0.2) is 42.6 Å². The summed E-state index contributed by atoms with van der Waals surface area (Å²) in [5.41, 5.74) is 3.26. The van der Waals surface area contributed by atoms with Crippen LogP contribution in [0.5, 0.6) is 5.75 Å². The maximum Gasteiger partial charge on any atom is 0.274 e. The van der Waals surface area contributed by atoms with Crippen molar-refractivity contribution >= 4 is 22.8 Å². The number of carbonyl (C=O) groups excluding carboxylic acids is 1. The topological polar surface area (TPSA) is 88.3 Å². The molecule has 0 unspecified atom stereocenters. The van der Waals surface area contributed by atoms with Gasteiger partial charge in [-0.25, -0.2) is 4.52 Å². The lowest BCUT2D eigenvalue weighted by atomic mass is 9.99. The number of nitrogens with one attached hydrogen (secondary N) is 1. The third kappa shape index (κ3) is 3.28. The molecule has 4 heterocycles. The standard InChI is InChI=1S/C22H24N4O4/c1-22(14-27)13-15-11-17(19(12-20(15)30-22)25-7-9-29-10-8-25)24-21(28)18-5-4-16-3-2-6-23-26(16)18/h2-6,11-12,27H,7-10,13-14H2,1H3,(H,24,28)/t22-/m0/s1. The van der Waals surface area contributed by atoms with Crippen LogP contribution in [0.4, 0.5) is 11.4 Å². The molecule has 5 rings (SSSR count). The van der Waals surface area contributed by atoms with Crippen molar-refractivity contribution in [3.05, 3.63) is 53.9 Å². The zero-order chi connectivity index (χ0) is 20.7. The highest BCUT2D eigenvalue weighted by atomic mass is 16.5. The van der Waals surface area contributed by atoms with Crippen LogP contribution in [0.1, 0.15) is 23.0 Å². The average Bonchev–Trinajstić information content (AvgIpc) is 3.34. The van der Waals surface area contributed by atoms with Gasteiger partial charge < -0.3 is 24.8 Å². The number of aliphatic hydroxyl groups excluding tert-OH is 1. The van der Waals surface area contributed by atoms with Gasteiger partial charge in [-0.2, -0.15) is 5.10 Å². The van der Waals surface area contributed by atoms with Gasteiger partial charge in [-0.1, -0.05) is 0 Å². The molecule has 0 aliphatic carbocycles. The Morgan fingerprint density at radius 1 is 1.27 bits per heavy atom. The van der Waals surface area contributed by atoms with Crippen LogP contribution in [0.25, 0.3) is 5.52 Å². The highest BCUT2D eigenvalue weighted by Crippen LogP contribution is 2.42. The maximum absolute atomic E-state index is 13.1. The Morgan fingerprint density at radius 3 is 2.90 bits per heavy atom. The fourth-order valence-electron chi connectivity index (χ4n) is 4.11. The van der Waals surface area contributed by atoms with Gasteiger partial charge in [0.25, 0.3) is 5.91 Å². The van der Waals surface area contributed by atoms with E-state index in [4.69, 9.17) is 9.47 Å². The molecule has 0 spiro atoms. The van der Waals surface area contributed by atoms with Crippen molar-refractivity contribution in [2.24, 2.45) is 0 Å². The number of amides is 1. The molecule has 2 N–H and O–H groups in total. The van der Waals surface area contributed by atoms with E-state index in [1.54, 1.807) is 16.8 Å². The van der Waals surface area contributed by atoms with Crippen LogP contribution in [0.2, 0.25) is 0 Å². The van der Waals surface area contributed by atoms with E-state index >= 15 is 0 Å². The Hall–Kier alpha value is -3.10. The van der Waals surface area contributed by atoms with Gasteiger partial charge in [0, 0.05) is 37.3 Å². The van der Waals surface area contributed by atoms with Crippen LogP contribution in [-0.4, -0.2) is 59.1 Å². The number of fused-ring (bicyclic) bond motifs is 2. The number of anilines is 2. The third-order valence-corrected chi connectivity index (χ3v) is 5.69. The predicted molar refractivity (Wildman–Crippen MR) is 112 cm³/mol. The fraction of sp³-hybridized carbons (Fsp3) is 0.364. The first-order valence-electron chi connectivity index (χ1n) is 10.1. The molecule has 2 aliphatic rings. The quantitative estimate of drug-likeness (QED) is 0.688. The number of aliphatic hydroxyl groups is 1. The summed E-state index contributed by atoms with van der Waals surface area (Å²) in [6, 6.07) is 11.3. The molecular weight excluding hydrogens is 384 g/mol. The van der Waals surface area contributed by atoms with E-state index in [0.717, 1.165) is 41.3 Å². The number of carbonyl (C=O) groups is 1. The van der Waals surface area contributed by atoms with E-state index in [-0.39, 0.29) is 12.5 Å². The lowest BCUT2D eigenvalue weighted by Crippen LogP contribution is -2.37. The molecule has 1 aromatic carbocycles. The second-order valence-corrected chi connectivity index (χ2v) is 8.00. The van der Waals surface area contributed by atoms with Gasteiger partial charge in [0.15, 0.2) is 0 Å². The Morgan fingerprint density at radius 2 is 2.10 bits per heavy atom. The predicted octanol–water partition coefficient (Wildman–Crippen LogP) is 2.11. The summed E-state index contributed by atoms with van der Waals surface area (Å²) in [7, 11) is 0. The minimum absolute atomic E-state index is 0.0714. The zero-order valence-corrected chi connectivity index (χ0v) is 16.8. The van der Waals surface area contributed by atoms with Crippen molar-refractivity contribution in [2.45, 2.75) is 18.9 Å². The minimum atomic E-state index is -0.644. The maximum atomic E-state index is 13.1. The fourth-order valence-corrected chi connectivity index (χ4v) is 4.11. The van der Waals surface area contributed by atoms with Gasteiger partial charge in [0.2, 0.25) is 0 Å². The second-order valence-electron chi connectivity index (χ2n) is 8.00. The van der Waals surface area contributed by atoms with Crippen molar-refractivity contribution in [2.75, 3.05) is 43.1 Å². The van der Waals surface area contributed by atoms with E-state index in [1.165, 1.54) is 0 Å². The highest BCUT2D eigenvalue weighted by Gasteiger charge is 2.35. The number of hydrogen-bond donors (Lipinski definition) is 2. The van der Waals surface area contributed by atoms with E-state index in [1.807, 2.05) is 37.3 Å². The van der Waals surface area contributed by atoms with Gasteiger partial charge in [0.05, 0.1) is 36.7 Å². The summed E-state index contributed by atoms with van der Waals surface area (Å²) in [4.78, 5) is 15.3. The molecule has 8 nitrogen and oxygen atoms in total. The normalized spacial score (nSPS) is 20.8. The third-order valence-electron chi connectivity index (χ3n) is 5.69. The molecule has 3 aromatic rings. The summed E-state index contributed by atoms with van der Waals surface area (Å²) in [6.07, 6.45) is 2.24. The number of rotatable bonds is 4. The summed E-state index contributed by atoms with van der Waals surface area (Å²) in [5, 5.41) is 17.1. The second kappa shape index (κ2) is 7.30. The van der Waals surface area contributed by atoms with E-state index in [2.05, 4.69) is 15.3 Å². The molecule has 2 aliphatic heterocycles. The molecule has 1 amide bonds. The van der Waals surface area contributed by atoms with Gasteiger partial charge in [-0.15, -0.1) is 0 Å². The molecule has 2 aromatic heterocycles. The van der Waals surface area contributed by atoms with Crippen LogP contribution in [0.3, 0.4) is 0 Å². The first kappa shape index (κ1) is 18.9. The SMILES string of the molecule is C[C@@]1(CO)Cc2cc(NC(=O)c3ccc4cccnn34)c(N3CCOCC3)cc2O1. The number of ether oxygens (including phenoxy) is 2. The van der Waals surface area contributed by atoms with Crippen molar-refractivity contribution < 1.29 is 19.4 Å². The highest BCUT2D eigenvalue weighted by molar-refractivity contribution is 6.05. The number of hydrogen-bond acceptors (Lipinski definition) is 6. The molecular formula is C22H24N4O4. The Balaban J connectivity index is 1.51. The summed E-state index contributed by atoms with van der Waals surface area (Å²) in [6.45, 7) is 4.54. The number of nitrogens with zero attached hydrogens (tertiary/aromatic N) is 3. The number of aromatic nitrogens is 2. The molecule has 0 bridgehead atoms. The molecule has 1 fully saturated rings. The van der Waals surface area contributed by atoms with Gasteiger partial charge in [0.1, 0.15) is 17.0 Å². The summed E-state index contributed by atoms with van der Waals surface area (Å²) >= 11 is 0. The first-order valence-corrected chi connectivity index (χ1v) is 10.1. The molecule has 8 heteroatoms. The number of morpholine rings is 1. The van der Waals surface area contributed by atoms with Crippen molar-refractivity contribution in [3.8, 4) is 5.75 Å². The molecule has 0 radical (unpaired) electrons. The lowest BCUT2D eigenvalue weighted by molar-refractivity contribution is 0.0446. The van der Waals surface area contributed by atoms with E-state index in [0.29, 0.717) is 25.3 Å². The molecule has 0 saturated carbocycles. The largest absolute Gasteiger partial charge is 0.484 e. The summed E-state index contributed by atoms with van der Waals surface area (Å²) < 4.78 is 13.1. The van der Waals surface area contributed by atoms with Crippen LogP contribution in [0, 0.1) is 0 Å².